The number of rotatable bonds is 9. The van der Waals surface area contributed by atoms with Gasteiger partial charge in [0.2, 0.25) is 15.9 Å². The van der Waals surface area contributed by atoms with Crippen molar-refractivity contribution in [2.45, 2.75) is 24.8 Å². The monoisotopic (exact) mass is 540 g/mol. The number of aromatic hydroxyl groups is 1. The van der Waals surface area contributed by atoms with Crippen molar-refractivity contribution in [1.29, 1.82) is 0 Å². The molecule has 9 nitrogen and oxygen atoms in total. The van der Waals surface area contributed by atoms with Crippen LogP contribution in [0.25, 0.3) is 5.69 Å². The van der Waals surface area contributed by atoms with Crippen LogP contribution in [0.15, 0.2) is 78.0 Å². The second kappa shape index (κ2) is 11.0. The summed E-state index contributed by atoms with van der Waals surface area (Å²) in [5, 5.41) is 17.1. The predicted molar refractivity (Wildman–Crippen MR) is 141 cm³/mol. The van der Waals surface area contributed by atoms with Crippen molar-refractivity contribution in [3.05, 3.63) is 94.8 Å². The Labute approximate surface area is 219 Å². The number of phenols is 1. The molecule has 3 aromatic carbocycles. The first-order valence-corrected chi connectivity index (χ1v) is 13.1. The summed E-state index contributed by atoms with van der Waals surface area (Å²) in [4.78, 5) is 12.6. The number of aryl methyl sites for hydroxylation is 1. The fraction of sp³-hybridized carbons (Fsp3) is 0.154. The van der Waals surface area contributed by atoms with Crippen LogP contribution in [0.5, 0.6) is 11.5 Å². The minimum atomic E-state index is -4.09. The third-order valence-corrected chi connectivity index (χ3v) is 7.32. The van der Waals surface area contributed by atoms with Crippen LogP contribution in [0.1, 0.15) is 16.7 Å². The van der Waals surface area contributed by atoms with Crippen LogP contribution < -0.4 is 14.8 Å². The Bertz CT molecular complexity index is 1550. The van der Waals surface area contributed by atoms with E-state index in [1.54, 1.807) is 54.9 Å². The maximum Gasteiger partial charge on any atom is 0.243 e. The van der Waals surface area contributed by atoms with Gasteiger partial charge in [-0.05, 0) is 48.4 Å². The third-order valence-electron chi connectivity index (χ3n) is 5.52. The normalized spacial score (nSPS) is 11.3. The molecule has 0 saturated carbocycles. The second-order valence-corrected chi connectivity index (χ2v) is 10.4. The molecule has 4 rings (SSSR count). The molecule has 0 bridgehead atoms. The van der Waals surface area contributed by atoms with Crippen molar-refractivity contribution >= 4 is 33.2 Å². The van der Waals surface area contributed by atoms with E-state index in [-0.39, 0.29) is 29.5 Å². The average molecular weight is 541 g/mol. The Balaban J connectivity index is 1.64. The van der Waals surface area contributed by atoms with Gasteiger partial charge < -0.3 is 15.2 Å². The van der Waals surface area contributed by atoms with E-state index in [0.29, 0.717) is 33.3 Å². The first-order chi connectivity index (χ1) is 17.7. The Kier molecular flexibility index (Phi) is 7.82. The standard InChI is InChI=1S/C26H25ClN4O5S/c1-17-14-28-31(16-17)23-10-8-20(30-26(33)11-18-5-3-4-6-22(18)27)12-25(23)37(34,35)29-15-19-7-9-21(32)13-24(19)36-2/h3-10,12-14,16,29,32H,11,15H2,1-2H3,(H,30,33). The number of nitrogens with zero attached hydrogens (tertiary/aromatic N) is 2. The Morgan fingerprint density at radius 2 is 1.89 bits per heavy atom. The van der Waals surface area contributed by atoms with E-state index in [4.69, 9.17) is 16.3 Å². The van der Waals surface area contributed by atoms with Crippen LogP contribution in [-0.2, 0) is 27.8 Å². The number of amides is 1. The first-order valence-electron chi connectivity index (χ1n) is 11.2. The predicted octanol–water partition coefficient (Wildman–Crippen LogP) is 4.21. The van der Waals surface area contributed by atoms with Gasteiger partial charge in [0.25, 0.3) is 0 Å². The Morgan fingerprint density at radius 3 is 2.59 bits per heavy atom. The summed E-state index contributed by atoms with van der Waals surface area (Å²) in [5.41, 5.74) is 2.64. The molecule has 0 aliphatic heterocycles. The Hall–Kier alpha value is -3.86. The number of halogens is 1. The summed E-state index contributed by atoms with van der Waals surface area (Å²) in [6, 6.07) is 16.0. The number of aromatic nitrogens is 2. The number of ether oxygens (including phenoxy) is 1. The largest absolute Gasteiger partial charge is 0.508 e. The molecular weight excluding hydrogens is 516 g/mol. The summed E-state index contributed by atoms with van der Waals surface area (Å²) < 4.78 is 36.2. The number of hydrogen-bond donors (Lipinski definition) is 3. The van der Waals surface area contributed by atoms with Crippen LogP contribution in [0.4, 0.5) is 5.69 Å². The molecule has 1 heterocycles. The molecule has 4 aromatic rings. The number of anilines is 1. The minimum Gasteiger partial charge on any atom is -0.508 e. The van der Waals surface area contributed by atoms with E-state index in [9.17, 15) is 18.3 Å². The zero-order valence-corrected chi connectivity index (χ0v) is 21.7. The zero-order valence-electron chi connectivity index (χ0n) is 20.1. The highest BCUT2D eigenvalue weighted by molar-refractivity contribution is 7.89. The fourth-order valence-corrected chi connectivity index (χ4v) is 5.11. The van der Waals surface area contributed by atoms with Gasteiger partial charge in [0.1, 0.15) is 16.4 Å². The lowest BCUT2D eigenvalue weighted by Gasteiger charge is -2.15. The summed E-state index contributed by atoms with van der Waals surface area (Å²) in [6.45, 7) is 1.75. The van der Waals surface area contributed by atoms with Gasteiger partial charge in [0.05, 0.1) is 25.4 Å². The molecule has 1 amide bonds. The van der Waals surface area contributed by atoms with Crippen LogP contribution in [-0.4, -0.2) is 36.3 Å². The smallest absolute Gasteiger partial charge is 0.243 e. The highest BCUT2D eigenvalue weighted by atomic mass is 35.5. The number of nitrogens with one attached hydrogen (secondary N) is 2. The van der Waals surface area contributed by atoms with Gasteiger partial charge >= 0.3 is 0 Å². The number of carbonyl (C=O) groups excluding carboxylic acids is 1. The van der Waals surface area contributed by atoms with E-state index in [0.717, 1.165) is 5.56 Å². The van der Waals surface area contributed by atoms with Gasteiger partial charge in [-0.15, -0.1) is 0 Å². The number of phenolic OH excluding ortho intramolecular Hbond substituents is 1. The fourth-order valence-electron chi connectivity index (χ4n) is 3.69. The Morgan fingerprint density at radius 1 is 1.11 bits per heavy atom. The summed E-state index contributed by atoms with van der Waals surface area (Å²) >= 11 is 6.16. The lowest BCUT2D eigenvalue weighted by atomic mass is 10.1. The summed E-state index contributed by atoms with van der Waals surface area (Å²) in [6.07, 6.45) is 3.35. The first kappa shape index (κ1) is 26.2. The van der Waals surface area contributed by atoms with E-state index in [2.05, 4.69) is 15.1 Å². The summed E-state index contributed by atoms with van der Waals surface area (Å²) in [7, 11) is -2.66. The van der Waals surface area contributed by atoms with Gasteiger partial charge in [0, 0.05) is 35.1 Å². The minimum absolute atomic E-state index is 0.0000262. The molecule has 11 heteroatoms. The van der Waals surface area contributed by atoms with Crippen LogP contribution >= 0.6 is 11.6 Å². The molecule has 0 atom stereocenters. The number of carbonyl (C=O) groups is 1. The molecule has 0 fully saturated rings. The van der Waals surface area contributed by atoms with Gasteiger partial charge in [-0.1, -0.05) is 35.9 Å². The van der Waals surface area contributed by atoms with Gasteiger partial charge in [-0.2, -0.15) is 5.10 Å². The maximum atomic E-state index is 13.5. The molecule has 37 heavy (non-hydrogen) atoms. The highest BCUT2D eigenvalue weighted by Gasteiger charge is 2.22. The molecule has 0 radical (unpaired) electrons. The molecule has 192 valence electrons. The van der Waals surface area contributed by atoms with Crippen LogP contribution in [0, 0.1) is 6.92 Å². The maximum absolute atomic E-state index is 13.5. The topological polar surface area (TPSA) is 123 Å². The number of methoxy groups -OCH3 is 1. The molecule has 0 aliphatic rings. The van der Waals surface area contributed by atoms with Crippen molar-refractivity contribution < 1.29 is 23.1 Å². The summed E-state index contributed by atoms with van der Waals surface area (Å²) in [5.74, 6) is -0.00726. The van der Waals surface area contributed by atoms with E-state index in [1.807, 2.05) is 6.92 Å². The quantitative estimate of drug-likeness (QED) is 0.292. The average Bonchev–Trinajstić information content (AvgIpc) is 3.30. The molecule has 0 aliphatic carbocycles. The lowest BCUT2D eigenvalue weighted by Crippen LogP contribution is -2.25. The second-order valence-electron chi connectivity index (χ2n) is 8.28. The van der Waals surface area contributed by atoms with Crippen molar-refractivity contribution in [3.8, 4) is 17.2 Å². The van der Waals surface area contributed by atoms with Crippen molar-refractivity contribution in [1.82, 2.24) is 14.5 Å². The molecule has 0 spiro atoms. The highest BCUT2D eigenvalue weighted by Crippen LogP contribution is 2.27. The molecule has 3 N–H and O–H groups in total. The van der Waals surface area contributed by atoms with Crippen molar-refractivity contribution in [2.75, 3.05) is 12.4 Å². The van der Waals surface area contributed by atoms with E-state index >= 15 is 0 Å². The van der Waals surface area contributed by atoms with Gasteiger partial charge in [-0.3, -0.25) is 4.79 Å². The number of benzene rings is 3. The van der Waals surface area contributed by atoms with Crippen molar-refractivity contribution in [2.24, 2.45) is 0 Å². The van der Waals surface area contributed by atoms with Crippen molar-refractivity contribution in [3.63, 3.8) is 0 Å². The molecule has 1 aromatic heterocycles. The van der Waals surface area contributed by atoms with E-state index in [1.165, 1.54) is 30.0 Å². The number of sulfonamides is 1. The molecule has 0 unspecified atom stereocenters. The van der Waals surface area contributed by atoms with Gasteiger partial charge in [0.15, 0.2) is 0 Å². The van der Waals surface area contributed by atoms with Crippen LogP contribution in [0.2, 0.25) is 5.02 Å². The SMILES string of the molecule is COc1cc(O)ccc1CNS(=O)(=O)c1cc(NC(=O)Cc2ccccc2Cl)ccc1-n1cc(C)cn1. The van der Waals surface area contributed by atoms with E-state index < -0.39 is 10.0 Å². The van der Waals surface area contributed by atoms with Gasteiger partial charge in [-0.25, -0.2) is 17.8 Å². The molecular formula is C26H25ClN4O5S. The molecule has 0 saturated heterocycles. The number of hydrogen-bond acceptors (Lipinski definition) is 6. The third kappa shape index (κ3) is 6.29. The zero-order chi connectivity index (χ0) is 26.6. The van der Waals surface area contributed by atoms with Crippen LogP contribution in [0.3, 0.4) is 0 Å². The lowest BCUT2D eigenvalue weighted by molar-refractivity contribution is -0.115.